The number of hydrogen-bond acceptors (Lipinski definition) is 4. The quantitative estimate of drug-likeness (QED) is 0.306. The zero-order valence-corrected chi connectivity index (χ0v) is 22.6. The first-order valence-electron chi connectivity index (χ1n) is 13.8. The van der Waals surface area contributed by atoms with Crippen LogP contribution in [0.15, 0.2) is 54.6 Å². The molecule has 8 heteroatoms. The number of fused-ring (bicyclic) bond motifs is 1. The molecule has 3 aromatic carbocycles. The molecule has 0 unspecified atom stereocenters. The maximum absolute atomic E-state index is 13.2. The third kappa shape index (κ3) is 6.28. The van der Waals surface area contributed by atoms with Gasteiger partial charge >= 0.3 is 12.1 Å². The number of alkyl halides is 3. The van der Waals surface area contributed by atoms with Crippen LogP contribution in [0.3, 0.4) is 0 Å². The number of benzene rings is 3. The van der Waals surface area contributed by atoms with Crippen molar-refractivity contribution in [3.05, 3.63) is 82.4 Å². The SMILES string of the molecule is Cc1c(COc2cc(OCC(F)(F)F)c(CN3CCCC[C@H]3C(=O)O)c3c2CCC3)cccc1-c1ccccc1. The van der Waals surface area contributed by atoms with Gasteiger partial charge in [0.2, 0.25) is 0 Å². The van der Waals surface area contributed by atoms with E-state index in [0.29, 0.717) is 30.7 Å². The van der Waals surface area contributed by atoms with E-state index >= 15 is 0 Å². The topological polar surface area (TPSA) is 59.0 Å². The Hall–Kier alpha value is -3.52. The number of carbonyl (C=O) groups is 1. The maximum Gasteiger partial charge on any atom is 0.422 e. The second-order valence-electron chi connectivity index (χ2n) is 10.6. The van der Waals surface area contributed by atoms with Crippen LogP contribution >= 0.6 is 0 Å². The second-order valence-corrected chi connectivity index (χ2v) is 10.6. The first-order chi connectivity index (χ1) is 19.2. The van der Waals surface area contributed by atoms with Crippen LogP contribution in [0.2, 0.25) is 0 Å². The summed E-state index contributed by atoms with van der Waals surface area (Å²) in [7, 11) is 0. The first kappa shape index (κ1) is 28.0. The number of halogens is 3. The summed E-state index contributed by atoms with van der Waals surface area (Å²) in [6.45, 7) is 1.72. The molecule has 1 N–H and O–H groups in total. The standard InChI is InChI=1S/C32H34F3NO4/c1-21-23(11-7-12-24(21)22-9-3-2-4-10-22)19-39-29-17-30(40-20-32(33,34)35)27(25-13-8-14-26(25)29)18-36-16-6-5-15-28(36)31(37)38/h2-4,7,9-12,17,28H,5-6,8,13-16,18-20H2,1H3,(H,37,38)/t28-/m0/s1. The molecule has 3 aromatic rings. The van der Waals surface area contributed by atoms with E-state index in [1.807, 2.05) is 42.2 Å². The molecule has 0 spiro atoms. The number of hydrogen-bond donors (Lipinski definition) is 1. The van der Waals surface area contributed by atoms with Gasteiger partial charge < -0.3 is 14.6 Å². The van der Waals surface area contributed by atoms with Crippen LogP contribution in [0.25, 0.3) is 11.1 Å². The number of carboxylic acids is 1. The summed E-state index contributed by atoms with van der Waals surface area (Å²) in [4.78, 5) is 13.8. The normalized spacial score (nSPS) is 17.4. The van der Waals surface area contributed by atoms with Crippen LogP contribution in [0, 0.1) is 6.92 Å². The molecular formula is C32H34F3NO4. The largest absolute Gasteiger partial charge is 0.488 e. The van der Waals surface area contributed by atoms with Crippen LogP contribution in [0.1, 0.15) is 53.5 Å². The van der Waals surface area contributed by atoms with Crippen molar-refractivity contribution in [2.24, 2.45) is 0 Å². The third-order valence-corrected chi connectivity index (χ3v) is 8.00. The Morgan fingerprint density at radius 2 is 1.75 bits per heavy atom. The van der Waals surface area contributed by atoms with Gasteiger partial charge in [0.1, 0.15) is 24.1 Å². The highest BCUT2D eigenvalue weighted by atomic mass is 19.4. The van der Waals surface area contributed by atoms with E-state index in [2.05, 4.69) is 18.2 Å². The number of nitrogens with zero attached hydrogens (tertiary/aromatic N) is 1. The van der Waals surface area contributed by atoms with E-state index in [-0.39, 0.29) is 18.9 Å². The number of likely N-dealkylation sites (tertiary alicyclic amines) is 1. The molecule has 1 fully saturated rings. The Bertz CT molecular complexity index is 1360. The summed E-state index contributed by atoms with van der Waals surface area (Å²) in [5.41, 5.74) is 6.85. The van der Waals surface area contributed by atoms with Gasteiger partial charge in [-0.25, -0.2) is 0 Å². The predicted molar refractivity (Wildman–Crippen MR) is 147 cm³/mol. The minimum absolute atomic E-state index is 0.123. The average Bonchev–Trinajstić information content (AvgIpc) is 3.43. The zero-order chi connectivity index (χ0) is 28.3. The van der Waals surface area contributed by atoms with Crippen molar-refractivity contribution in [1.29, 1.82) is 0 Å². The lowest BCUT2D eigenvalue weighted by Gasteiger charge is -2.34. The van der Waals surface area contributed by atoms with Gasteiger partial charge in [0.25, 0.3) is 0 Å². The van der Waals surface area contributed by atoms with Gasteiger partial charge in [-0.1, -0.05) is 55.0 Å². The van der Waals surface area contributed by atoms with Crippen molar-refractivity contribution >= 4 is 5.97 Å². The van der Waals surface area contributed by atoms with Crippen LogP contribution in [-0.4, -0.2) is 41.3 Å². The fourth-order valence-corrected chi connectivity index (χ4v) is 5.97. The van der Waals surface area contributed by atoms with Gasteiger partial charge in [0.05, 0.1) is 0 Å². The molecule has 1 saturated heterocycles. The molecule has 0 amide bonds. The summed E-state index contributed by atoms with van der Waals surface area (Å²) in [6.07, 6.45) is 0.00109. The molecule has 1 atom stereocenters. The van der Waals surface area contributed by atoms with E-state index in [0.717, 1.165) is 59.1 Å². The van der Waals surface area contributed by atoms with E-state index < -0.39 is 24.8 Å². The molecule has 5 nitrogen and oxygen atoms in total. The molecule has 1 heterocycles. The molecule has 212 valence electrons. The summed E-state index contributed by atoms with van der Waals surface area (Å²) in [5, 5.41) is 9.75. The molecule has 40 heavy (non-hydrogen) atoms. The monoisotopic (exact) mass is 553 g/mol. The van der Waals surface area contributed by atoms with Crippen LogP contribution in [0.5, 0.6) is 11.5 Å². The highest BCUT2D eigenvalue weighted by molar-refractivity contribution is 5.73. The lowest BCUT2D eigenvalue weighted by Crippen LogP contribution is -2.44. The number of rotatable bonds is 9. The molecule has 5 rings (SSSR count). The van der Waals surface area contributed by atoms with Crippen molar-refractivity contribution in [3.63, 3.8) is 0 Å². The predicted octanol–water partition coefficient (Wildman–Crippen LogP) is 7.11. The molecular weight excluding hydrogens is 519 g/mol. The first-order valence-corrected chi connectivity index (χ1v) is 13.8. The lowest BCUT2D eigenvalue weighted by molar-refractivity contribution is -0.153. The average molecular weight is 554 g/mol. The van der Waals surface area contributed by atoms with Gasteiger partial charge in [0, 0.05) is 18.2 Å². The number of ether oxygens (including phenoxy) is 2. The van der Waals surface area contributed by atoms with Crippen molar-refractivity contribution < 1.29 is 32.5 Å². The number of carboxylic acid groups (broad SMARTS) is 1. The molecule has 1 aliphatic heterocycles. The summed E-state index contributed by atoms with van der Waals surface area (Å²) < 4.78 is 51.4. The number of piperidine rings is 1. The van der Waals surface area contributed by atoms with E-state index in [1.54, 1.807) is 6.07 Å². The molecule has 0 saturated carbocycles. The molecule has 0 aromatic heterocycles. The van der Waals surface area contributed by atoms with Crippen LogP contribution < -0.4 is 9.47 Å². The van der Waals surface area contributed by atoms with Gasteiger partial charge in [0.15, 0.2) is 6.61 Å². The maximum atomic E-state index is 13.2. The Morgan fingerprint density at radius 1 is 0.975 bits per heavy atom. The van der Waals surface area contributed by atoms with E-state index in [9.17, 15) is 23.1 Å². The van der Waals surface area contributed by atoms with Crippen molar-refractivity contribution in [2.75, 3.05) is 13.2 Å². The third-order valence-electron chi connectivity index (χ3n) is 8.00. The Balaban J connectivity index is 1.46. The summed E-state index contributed by atoms with van der Waals surface area (Å²) in [5.74, 6) is -0.244. The fourth-order valence-electron chi connectivity index (χ4n) is 5.97. The minimum atomic E-state index is -4.50. The summed E-state index contributed by atoms with van der Waals surface area (Å²) in [6, 6.07) is 17.0. The molecule has 1 aliphatic carbocycles. The van der Waals surface area contributed by atoms with Crippen LogP contribution in [-0.2, 0) is 30.8 Å². The molecule has 0 radical (unpaired) electrons. The Kier molecular flexibility index (Phi) is 8.35. The van der Waals surface area contributed by atoms with Gasteiger partial charge in [-0.3, -0.25) is 9.69 Å². The second kappa shape index (κ2) is 11.9. The van der Waals surface area contributed by atoms with E-state index in [1.165, 1.54) is 0 Å². The molecule has 0 bridgehead atoms. The Morgan fingerprint density at radius 3 is 2.50 bits per heavy atom. The smallest absolute Gasteiger partial charge is 0.422 e. The fraction of sp³-hybridized carbons (Fsp3) is 0.406. The highest BCUT2D eigenvalue weighted by Crippen LogP contribution is 2.41. The van der Waals surface area contributed by atoms with Gasteiger partial charge in [-0.15, -0.1) is 0 Å². The Labute approximate surface area is 232 Å². The van der Waals surface area contributed by atoms with Gasteiger partial charge in [-0.2, -0.15) is 13.2 Å². The van der Waals surface area contributed by atoms with Crippen molar-refractivity contribution in [1.82, 2.24) is 4.90 Å². The van der Waals surface area contributed by atoms with E-state index in [4.69, 9.17) is 9.47 Å². The zero-order valence-electron chi connectivity index (χ0n) is 22.6. The minimum Gasteiger partial charge on any atom is -0.488 e. The van der Waals surface area contributed by atoms with Crippen molar-refractivity contribution in [3.8, 4) is 22.6 Å². The van der Waals surface area contributed by atoms with Crippen molar-refractivity contribution in [2.45, 2.75) is 70.8 Å². The summed E-state index contributed by atoms with van der Waals surface area (Å²) >= 11 is 0. The lowest BCUT2D eigenvalue weighted by atomic mass is 9.96. The van der Waals surface area contributed by atoms with Crippen LogP contribution in [0.4, 0.5) is 13.2 Å². The number of aliphatic carboxylic acids is 1. The highest BCUT2D eigenvalue weighted by Gasteiger charge is 2.33. The molecule has 2 aliphatic rings. The van der Waals surface area contributed by atoms with Gasteiger partial charge in [-0.05, 0) is 79.0 Å².